The van der Waals surface area contributed by atoms with Crippen molar-refractivity contribution in [2.45, 2.75) is 0 Å². The predicted octanol–water partition coefficient (Wildman–Crippen LogP) is -0.304. The average Bonchev–Trinajstić information content (AvgIpc) is 2.70. The van der Waals surface area contributed by atoms with E-state index in [1.54, 1.807) is 24.3 Å². The third-order valence-electron chi connectivity index (χ3n) is 2.13. The molecule has 1 heterocycles. The molecular formula is C10H8BNO3. The minimum atomic E-state index is -0.458. The molecular weight excluding hydrogens is 193 g/mol. The van der Waals surface area contributed by atoms with E-state index in [0.717, 1.165) is 12.7 Å². The molecule has 0 saturated carbocycles. The van der Waals surface area contributed by atoms with Gasteiger partial charge in [-0.2, -0.15) is 0 Å². The van der Waals surface area contributed by atoms with Gasteiger partial charge in [0.2, 0.25) is 0 Å². The van der Waals surface area contributed by atoms with Gasteiger partial charge in [-0.15, -0.1) is 0 Å². The van der Waals surface area contributed by atoms with E-state index in [-0.39, 0.29) is 5.70 Å². The molecule has 1 aliphatic rings. The van der Waals surface area contributed by atoms with E-state index in [0.29, 0.717) is 10.5 Å². The molecule has 0 bridgehead atoms. The van der Waals surface area contributed by atoms with E-state index in [9.17, 15) is 4.79 Å². The zero-order valence-electron chi connectivity index (χ0n) is 8.10. The summed E-state index contributed by atoms with van der Waals surface area (Å²) in [6, 6.07) is 5.20. The number of hydrogen-bond acceptors (Lipinski definition) is 4. The third kappa shape index (κ3) is 1.68. The van der Waals surface area contributed by atoms with Crippen molar-refractivity contribution in [1.29, 1.82) is 0 Å². The number of fused-ring (bicyclic) bond motifs is 1. The molecule has 0 saturated heterocycles. The Morgan fingerprint density at radius 3 is 3.00 bits per heavy atom. The fraction of sp³-hybridized carbons (Fsp3) is 0.100. The minimum absolute atomic E-state index is 0.280. The van der Waals surface area contributed by atoms with Crippen molar-refractivity contribution in [3.63, 3.8) is 0 Å². The van der Waals surface area contributed by atoms with Crippen LogP contribution in [0.25, 0.3) is 6.08 Å². The van der Waals surface area contributed by atoms with Gasteiger partial charge in [-0.25, -0.2) is 0 Å². The average molecular weight is 201 g/mol. The van der Waals surface area contributed by atoms with Gasteiger partial charge in [0.15, 0.2) is 0 Å². The number of ether oxygens (including phenoxy) is 1. The standard InChI is InChI=1S/C10H8BNO3/c1-15-10(13)9-5-6-4-7(11-14)2-3-8(6)12-9/h2-5,14H,1H3. The number of benzene rings is 1. The summed E-state index contributed by atoms with van der Waals surface area (Å²) in [5, 5.41) is 10.2. The second-order valence-corrected chi connectivity index (χ2v) is 3.08. The second kappa shape index (κ2) is 3.69. The molecule has 0 aliphatic carbocycles. The number of rotatable bonds is 1. The van der Waals surface area contributed by atoms with Crippen LogP contribution in [0, 0.1) is 5.11 Å². The van der Waals surface area contributed by atoms with Crippen LogP contribution >= 0.6 is 0 Å². The molecule has 1 aliphatic heterocycles. The zero-order valence-corrected chi connectivity index (χ0v) is 8.10. The Morgan fingerprint density at radius 2 is 2.33 bits per heavy atom. The Hall–Kier alpha value is -1.91. The van der Waals surface area contributed by atoms with Gasteiger partial charge in [-0.1, -0.05) is 0 Å². The van der Waals surface area contributed by atoms with Gasteiger partial charge in [-0.3, -0.25) is 0 Å². The number of carbonyl (C=O) groups excluding carboxylic acids is 1. The zero-order chi connectivity index (χ0) is 10.8. The Labute approximate surface area is 86.5 Å². The molecule has 0 spiro atoms. The fourth-order valence-corrected chi connectivity index (χ4v) is 1.39. The van der Waals surface area contributed by atoms with Crippen molar-refractivity contribution in [3.8, 4) is 0 Å². The number of nitrogens with zero attached hydrogens (tertiary/aromatic N) is 1. The molecule has 0 unspecified atom stereocenters. The predicted molar refractivity (Wildman–Crippen MR) is 54.4 cm³/mol. The fourth-order valence-electron chi connectivity index (χ4n) is 1.39. The van der Waals surface area contributed by atoms with Crippen LogP contribution in [-0.4, -0.2) is 25.2 Å². The molecule has 74 valence electrons. The first-order valence-electron chi connectivity index (χ1n) is 4.38. The van der Waals surface area contributed by atoms with Crippen molar-refractivity contribution >= 4 is 19.2 Å². The molecule has 4 nitrogen and oxygen atoms in total. The molecule has 0 radical (unpaired) electrons. The van der Waals surface area contributed by atoms with Gasteiger partial charge in [-0.05, 0) is 0 Å². The summed E-state index contributed by atoms with van der Waals surface area (Å²) in [5.74, 6) is -0.458. The maximum absolute atomic E-state index is 11.2. The number of esters is 1. The van der Waals surface area contributed by atoms with E-state index in [1.807, 2.05) is 0 Å². The second-order valence-electron chi connectivity index (χ2n) is 3.08. The van der Waals surface area contributed by atoms with Crippen molar-refractivity contribution < 1.29 is 14.6 Å². The molecule has 0 fully saturated rings. The van der Waals surface area contributed by atoms with E-state index in [4.69, 9.17) is 5.02 Å². The Balaban J connectivity index is 2.52. The first kappa shape index (κ1) is 9.64. The van der Waals surface area contributed by atoms with Crippen LogP contribution in [0.1, 0.15) is 5.56 Å². The van der Waals surface area contributed by atoms with Gasteiger partial charge < -0.3 is 0 Å². The summed E-state index contributed by atoms with van der Waals surface area (Å²) >= 11 is 0. The Bertz CT molecular complexity index is 563. The molecule has 2 rings (SSSR count). The first-order valence-corrected chi connectivity index (χ1v) is 4.38. The van der Waals surface area contributed by atoms with Crippen LogP contribution in [0.5, 0.6) is 0 Å². The maximum atomic E-state index is 11.2. The van der Waals surface area contributed by atoms with Crippen LogP contribution in [0.3, 0.4) is 0 Å². The van der Waals surface area contributed by atoms with Gasteiger partial charge in [0.05, 0.1) is 0 Å². The molecule has 1 N–H and O–H groups in total. The molecule has 0 atom stereocenters. The summed E-state index contributed by atoms with van der Waals surface area (Å²) in [6.45, 7) is 0. The molecule has 0 amide bonds. The first-order chi connectivity index (χ1) is 7.24. The van der Waals surface area contributed by atoms with Gasteiger partial charge >= 0.3 is 85.8 Å². The van der Waals surface area contributed by atoms with E-state index in [2.05, 4.69) is 9.73 Å². The number of hydrogen-bond donors (Lipinski definition) is 1. The van der Waals surface area contributed by atoms with Gasteiger partial charge in [0.1, 0.15) is 0 Å². The quantitative estimate of drug-likeness (QED) is 0.501. The molecule has 1 aromatic rings. The normalized spacial score (nSPS) is 13.7. The molecule has 15 heavy (non-hydrogen) atoms. The third-order valence-corrected chi connectivity index (χ3v) is 2.13. The van der Waals surface area contributed by atoms with Crippen molar-refractivity contribution in [2.75, 3.05) is 7.11 Å². The van der Waals surface area contributed by atoms with Crippen LogP contribution in [0.2, 0.25) is 0 Å². The monoisotopic (exact) mass is 201 g/mol. The summed E-state index contributed by atoms with van der Waals surface area (Å²) in [7, 11) is 2.32. The van der Waals surface area contributed by atoms with E-state index in [1.165, 1.54) is 7.11 Å². The molecule has 5 heteroatoms. The van der Waals surface area contributed by atoms with Gasteiger partial charge in [0, 0.05) is 0 Å². The number of carbonyl (C=O) groups is 1. The molecule has 0 aromatic heterocycles. The molecule has 1 aromatic carbocycles. The summed E-state index contributed by atoms with van der Waals surface area (Å²) < 4.78 is 4.56. The van der Waals surface area contributed by atoms with Crippen molar-refractivity contribution in [2.24, 2.45) is 4.99 Å². The Morgan fingerprint density at radius 1 is 1.53 bits per heavy atom. The summed E-state index contributed by atoms with van der Waals surface area (Å²) in [6.07, 6.45) is 1.63. The van der Waals surface area contributed by atoms with Crippen molar-refractivity contribution in [3.05, 3.63) is 39.9 Å². The summed E-state index contributed by atoms with van der Waals surface area (Å²) in [4.78, 5) is 15.3. The number of methoxy groups -OCH3 is 1. The van der Waals surface area contributed by atoms with E-state index < -0.39 is 5.97 Å². The summed E-state index contributed by atoms with van der Waals surface area (Å²) in [5.41, 5.74) is 1.08. The van der Waals surface area contributed by atoms with Crippen LogP contribution < -0.4 is 5.36 Å². The van der Waals surface area contributed by atoms with E-state index >= 15 is 0 Å². The van der Waals surface area contributed by atoms with Crippen LogP contribution in [0.4, 0.5) is 0 Å². The van der Waals surface area contributed by atoms with Crippen molar-refractivity contribution in [1.82, 2.24) is 0 Å². The SMILES string of the molecule is COC(=O)C1=Cc2c/c(=B/O)ccc2=N1. The van der Waals surface area contributed by atoms with Crippen LogP contribution in [-0.2, 0) is 9.53 Å². The van der Waals surface area contributed by atoms with Gasteiger partial charge in [0.25, 0.3) is 0 Å². The Kier molecular flexibility index (Phi) is 2.37. The topological polar surface area (TPSA) is 58.9 Å². The van der Waals surface area contributed by atoms with Crippen LogP contribution in [0.15, 0.2) is 28.9 Å².